The van der Waals surface area contributed by atoms with Gasteiger partial charge in [0.15, 0.2) is 0 Å². The highest BCUT2D eigenvalue weighted by Crippen LogP contribution is 2.25. The molecule has 0 saturated heterocycles. The molecule has 4 nitrogen and oxygen atoms in total. The molecule has 0 fully saturated rings. The predicted octanol–water partition coefficient (Wildman–Crippen LogP) is 4.36. The molecule has 1 heterocycles. The first-order valence-corrected chi connectivity index (χ1v) is 6.87. The number of benzene rings is 2. The van der Waals surface area contributed by atoms with E-state index in [1.165, 1.54) is 0 Å². The van der Waals surface area contributed by atoms with Crippen LogP contribution in [-0.4, -0.2) is 11.1 Å². The molecule has 0 aliphatic carbocycles. The second kappa shape index (κ2) is 6.54. The maximum Gasteiger partial charge on any atom is 0.417 e. The van der Waals surface area contributed by atoms with Gasteiger partial charge in [-0.1, -0.05) is 48.5 Å². The molecule has 0 atom stereocenters. The van der Waals surface area contributed by atoms with Crippen LogP contribution in [0.25, 0.3) is 11.3 Å². The summed E-state index contributed by atoms with van der Waals surface area (Å²) in [5.41, 5.74) is 2.24. The molecule has 0 spiro atoms. The number of aromatic nitrogens is 1. The Hall–Kier alpha value is -3.14. The van der Waals surface area contributed by atoms with Gasteiger partial charge < -0.3 is 4.74 Å². The van der Waals surface area contributed by atoms with E-state index in [1.807, 2.05) is 48.5 Å². The summed E-state index contributed by atoms with van der Waals surface area (Å²) in [5, 5.41) is 2.73. The minimum absolute atomic E-state index is 0.491. The Morgan fingerprint density at radius 1 is 0.864 bits per heavy atom. The normalized spacial score (nSPS) is 10.0. The maximum absolute atomic E-state index is 12.0. The molecule has 1 N–H and O–H groups in total. The minimum atomic E-state index is -0.545. The molecule has 0 saturated carbocycles. The van der Waals surface area contributed by atoms with Crippen molar-refractivity contribution in [1.82, 2.24) is 4.98 Å². The molecule has 2 aromatic carbocycles. The van der Waals surface area contributed by atoms with Crippen LogP contribution in [0.1, 0.15) is 0 Å². The van der Waals surface area contributed by atoms with Gasteiger partial charge in [-0.25, -0.2) is 4.79 Å². The third kappa shape index (κ3) is 3.30. The van der Waals surface area contributed by atoms with Gasteiger partial charge in [0.25, 0.3) is 0 Å². The molecule has 108 valence electrons. The lowest BCUT2D eigenvalue weighted by atomic mass is 10.1. The fourth-order valence-corrected chi connectivity index (χ4v) is 2.06. The first kappa shape index (κ1) is 13.8. The van der Waals surface area contributed by atoms with Crippen LogP contribution in [0.15, 0.2) is 79.0 Å². The molecule has 0 aliphatic heterocycles. The van der Waals surface area contributed by atoms with E-state index in [-0.39, 0.29) is 0 Å². The quantitative estimate of drug-likeness (QED) is 0.779. The van der Waals surface area contributed by atoms with Crippen LogP contribution >= 0.6 is 0 Å². The van der Waals surface area contributed by atoms with Gasteiger partial charge in [-0.3, -0.25) is 10.3 Å². The van der Waals surface area contributed by atoms with Crippen LogP contribution in [0.2, 0.25) is 0 Å². The number of anilines is 1. The topological polar surface area (TPSA) is 51.2 Å². The Morgan fingerprint density at radius 3 is 2.27 bits per heavy atom. The number of pyridine rings is 1. The van der Waals surface area contributed by atoms with Gasteiger partial charge in [0, 0.05) is 11.8 Å². The average Bonchev–Trinajstić information content (AvgIpc) is 2.57. The molecule has 3 rings (SSSR count). The highest BCUT2D eigenvalue weighted by atomic mass is 16.6. The van der Waals surface area contributed by atoms with Crippen molar-refractivity contribution in [2.75, 3.05) is 5.32 Å². The van der Waals surface area contributed by atoms with Crippen molar-refractivity contribution in [1.29, 1.82) is 0 Å². The molecule has 0 bridgehead atoms. The van der Waals surface area contributed by atoms with Crippen LogP contribution in [0, 0.1) is 0 Å². The van der Waals surface area contributed by atoms with Crippen LogP contribution in [0.4, 0.5) is 10.5 Å². The molecule has 22 heavy (non-hydrogen) atoms. The summed E-state index contributed by atoms with van der Waals surface area (Å²) in [6.07, 6.45) is 1.15. The van der Waals surface area contributed by atoms with E-state index in [0.29, 0.717) is 17.1 Å². The molecule has 0 aliphatic rings. The predicted molar refractivity (Wildman–Crippen MR) is 85.8 cm³/mol. The molecule has 4 heteroatoms. The van der Waals surface area contributed by atoms with Crippen molar-refractivity contribution in [3.05, 3.63) is 79.0 Å². The van der Waals surface area contributed by atoms with E-state index >= 15 is 0 Å². The number of carbonyl (C=O) groups is 1. The number of rotatable bonds is 3. The number of amides is 1. The highest BCUT2D eigenvalue weighted by Gasteiger charge is 2.10. The van der Waals surface area contributed by atoms with Gasteiger partial charge in [-0.15, -0.1) is 0 Å². The Kier molecular flexibility index (Phi) is 4.11. The molecule has 1 aromatic heterocycles. The second-order valence-corrected chi connectivity index (χ2v) is 4.59. The summed E-state index contributed by atoms with van der Waals surface area (Å²) in [6, 6.07) is 22.2. The SMILES string of the molecule is O=C(Nc1cccnc1-c1ccccc1)Oc1ccccc1. The fraction of sp³-hybridized carbons (Fsp3) is 0. The van der Waals surface area contributed by atoms with Crippen molar-refractivity contribution in [2.24, 2.45) is 0 Å². The largest absolute Gasteiger partial charge is 0.417 e. The van der Waals surface area contributed by atoms with Crippen LogP contribution in [0.5, 0.6) is 5.75 Å². The lowest BCUT2D eigenvalue weighted by Crippen LogP contribution is -2.17. The summed E-state index contributed by atoms with van der Waals surface area (Å²) in [5.74, 6) is 0.491. The lowest BCUT2D eigenvalue weighted by molar-refractivity contribution is 0.215. The standard InChI is InChI=1S/C18H14N2O2/c21-18(22-15-10-5-2-6-11-15)20-16-12-7-13-19-17(16)14-8-3-1-4-9-14/h1-13H,(H,20,21). The van der Waals surface area contributed by atoms with Crippen LogP contribution in [-0.2, 0) is 0 Å². The van der Waals surface area contributed by atoms with Crippen molar-refractivity contribution >= 4 is 11.8 Å². The monoisotopic (exact) mass is 290 g/mol. The Balaban J connectivity index is 1.80. The van der Waals surface area contributed by atoms with E-state index in [9.17, 15) is 4.79 Å². The smallest absolute Gasteiger partial charge is 0.410 e. The summed E-state index contributed by atoms with van der Waals surface area (Å²) < 4.78 is 5.23. The summed E-state index contributed by atoms with van der Waals surface area (Å²) in [6.45, 7) is 0. The molecule has 3 aromatic rings. The van der Waals surface area contributed by atoms with Gasteiger partial charge in [0.2, 0.25) is 0 Å². The molecule has 0 unspecified atom stereocenters. The first-order valence-electron chi connectivity index (χ1n) is 6.87. The number of carbonyl (C=O) groups excluding carboxylic acids is 1. The maximum atomic E-state index is 12.0. The number of nitrogens with one attached hydrogen (secondary N) is 1. The Bertz CT molecular complexity index is 758. The number of hydrogen-bond acceptors (Lipinski definition) is 3. The zero-order chi connectivity index (χ0) is 15.2. The van der Waals surface area contributed by atoms with Gasteiger partial charge in [-0.05, 0) is 24.3 Å². The van der Waals surface area contributed by atoms with Crippen molar-refractivity contribution in [2.45, 2.75) is 0 Å². The van der Waals surface area contributed by atoms with E-state index in [0.717, 1.165) is 5.56 Å². The highest BCUT2D eigenvalue weighted by molar-refractivity contribution is 5.91. The fourth-order valence-electron chi connectivity index (χ4n) is 2.06. The Labute approximate surface area is 128 Å². The molecule has 1 amide bonds. The van der Waals surface area contributed by atoms with E-state index < -0.39 is 6.09 Å². The van der Waals surface area contributed by atoms with Crippen molar-refractivity contribution in [3.63, 3.8) is 0 Å². The van der Waals surface area contributed by atoms with Gasteiger partial charge >= 0.3 is 6.09 Å². The summed E-state index contributed by atoms with van der Waals surface area (Å²) in [4.78, 5) is 16.3. The van der Waals surface area contributed by atoms with Crippen molar-refractivity contribution < 1.29 is 9.53 Å². The zero-order valence-corrected chi connectivity index (χ0v) is 11.8. The van der Waals surface area contributed by atoms with E-state index in [4.69, 9.17) is 4.74 Å². The number of para-hydroxylation sites is 1. The zero-order valence-electron chi connectivity index (χ0n) is 11.8. The number of hydrogen-bond donors (Lipinski definition) is 1. The van der Waals surface area contributed by atoms with E-state index in [2.05, 4.69) is 10.3 Å². The number of nitrogens with zero attached hydrogens (tertiary/aromatic N) is 1. The van der Waals surface area contributed by atoms with Gasteiger partial charge in [-0.2, -0.15) is 0 Å². The van der Waals surface area contributed by atoms with Gasteiger partial charge in [0.05, 0.1) is 11.4 Å². The van der Waals surface area contributed by atoms with Crippen LogP contribution < -0.4 is 10.1 Å². The van der Waals surface area contributed by atoms with Gasteiger partial charge in [0.1, 0.15) is 5.75 Å². The third-order valence-electron chi connectivity index (χ3n) is 3.05. The Morgan fingerprint density at radius 2 is 1.55 bits per heavy atom. The van der Waals surface area contributed by atoms with Crippen molar-refractivity contribution in [3.8, 4) is 17.0 Å². The summed E-state index contributed by atoms with van der Waals surface area (Å²) >= 11 is 0. The molecular formula is C18H14N2O2. The molecular weight excluding hydrogens is 276 g/mol. The minimum Gasteiger partial charge on any atom is -0.410 e. The average molecular weight is 290 g/mol. The van der Waals surface area contributed by atoms with E-state index in [1.54, 1.807) is 30.5 Å². The summed E-state index contributed by atoms with van der Waals surface area (Å²) in [7, 11) is 0. The van der Waals surface area contributed by atoms with Crippen LogP contribution in [0.3, 0.4) is 0 Å². The number of ether oxygens (including phenoxy) is 1. The second-order valence-electron chi connectivity index (χ2n) is 4.59. The third-order valence-corrected chi connectivity index (χ3v) is 3.05. The molecule has 0 radical (unpaired) electrons. The lowest BCUT2D eigenvalue weighted by Gasteiger charge is -2.10. The first-order chi connectivity index (χ1) is 10.8.